The maximum atomic E-state index is 9.84. The van der Waals surface area contributed by atoms with Crippen molar-refractivity contribution in [2.24, 2.45) is 5.92 Å². The smallest absolute Gasteiger partial charge is 0.200 e. The van der Waals surface area contributed by atoms with Crippen LogP contribution in [0.15, 0.2) is 12.1 Å². The van der Waals surface area contributed by atoms with E-state index in [-0.39, 0.29) is 5.75 Å². The van der Waals surface area contributed by atoms with E-state index >= 15 is 0 Å². The Bertz CT molecular complexity index is 389. The van der Waals surface area contributed by atoms with Crippen molar-refractivity contribution in [3.63, 3.8) is 0 Å². The van der Waals surface area contributed by atoms with Crippen LogP contribution < -0.4 is 14.8 Å². The van der Waals surface area contributed by atoms with E-state index in [2.05, 4.69) is 5.32 Å². The predicted molar refractivity (Wildman–Crippen MR) is 74.9 cm³/mol. The average Bonchev–Trinajstić information content (AvgIpc) is 2.93. The standard InChI is InChI=1S/C15H23NO3/c1-18-13-7-12(8-14(19-2)15(13)17)10-16-9-11-5-3-4-6-11/h7-8,11,16-17H,3-6,9-10H2,1-2H3. The van der Waals surface area contributed by atoms with Gasteiger partial charge in [0.05, 0.1) is 14.2 Å². The summed E-state index contributed by atoms with van der Waals surface area (Å²) in [6.07, 6.45) is 5.42. The lowest BCUT2D eigenvalue weighted by atomic mass is 10.1. The lowest BCUT2D eigenvalue weighted by molar-refractivity contribution is 0.339. The van der Waals surface area contributed by atoms with Crippen molar-refractivity contribution in [3.8, 4) is 17.2 Å². The minimum Gasteiger partial charge on any atom is -0.502 e. The van der Waals surface area contributed by atoms with Gasteiger partial charge < -0.3 is 19.9 Å². The van der Waals surface area contributed by atoms with Crippen LogP contribution in [0.25, 0.3) is 0 Å². The van der Waals surface area contributed by atoms with Gasteiger partial charge in [0.25, 0.3) is 0 Å². The molecule has 1 aromatic carbocycles. The Hall–Kier alpha value is -1.42. The number of aromatic hydroxyl groups is 1. The highest BCUT2D eigenvalue weighted by Crippen LogP contribution is 2.37. The quantitative estimate of drug-likeness (QED) is 0.830. The summed E-state index contributed by atoms with van der Waals surface area (Å²) < 4.78 is 10.3. The molecule has 0 atom stereocenters. The van der Waals surface area contributed by atoms with Crippen molar-refractivity contribution in [1.82, 2.24) is 5.32 Å². The van der Waals surface area contributed by atoms with Crippen LogP contribution in [0.1, 0.15) is 31.2 Å². The van der Waals surface area contributed by atoms with E-state index in [9.17, 15) is 5.11 Å². The van der Waals surface area contributed by atoms with Crippen LogP contribution >= 0.6 is 0 Å². The van der Waals surface area contributed by atoms with E-state index in [0.29, 0.717) is 11.5 Å². The molecule has 4 nitrogen and oxygen atoms in total. The van der Waals surface area contributed by atoms with Crippen LogP contribution in [0.3, 0.4) is 0 Å². The van der Waals surface area contributed by atoms with Crippen LogP contribution in [-0.4, -0.2) is 25.9 Å². The first-order chi connectivity index (χ1) is 9.24. The van der Waals surface area contributed by atoms with Gasteiger partial charge in [-0.3, -0.25) is 0 Å². The van der Waals surface area contributed by atoms with Crippen molar-refractivity contribution in [2.75, 3.05) is 20.8 Å². The molecule has 1 fully saturated rings. The highest BCUT2D eigenvalue weighted by atomic mass is 16.5. The van der Waals surface area contributed by atoms with Gasteiger partial charge in [0.15, 0.2) is 11.5 Å². The summed E-state index contributed by atoms with van der Waals surface area (Å²) in [7, 11) is 3.09. The molecule has 0 radical (unpaired) electrons. The van der Waals surface area contributed by atoms with E-state index < -0.39 is 0 Å². The van der Waals surface area contributed by atoms with Crippen LogP contribution in [-0.2, 0) is 6.54 Å². The van der Waals surface area contributed by atoms with Crippen molar-refractivity contribution >= 4 is 0 Å². The molecule has 1 aliphatic rings. The summed E-state index contributed by atoms with van der Waals surface area (Å²) >= 11 is 0. The summed E-state index contributed by atoms with van der Waals surface area (Å²) in [5.41, 5.74) is 1.06. The molecule has 2 rings (SSSR count). The van der Waals surface area contributed by atoms with Crippen molar-refractivity contribution in [1.29, 1.82) is 0 Å². The molecule has 1 aromatic rings. The Morgan fingerprint density at radius 2 is 1.74 bits per heavy atom. The van der Waals surface area contributed by atoms with E-state index in [1.165, 1.54) is 25.7 Å². The number of hydrogen-bond donors (Lipinski definition) is 2. The zero-order valence-corrected chi connectivity index (χ0v) is 11.7. The normalized spacial score (nSPS) is 15.7. The van der Waals surface area contributed by atoms with E-state index in [1.54, 1.807) is 14.2 Å². The molecule has 0 bridgehead atoms. The third kappa shape index (κ3) is 3.53. The third-order valence-electron chi connectivity index (χ3n) is 3.78. The Morgan fingerprint density at radius 3 is 2.26 bits per heavy atom. The first kappa shape index (κ1) is 14.0. The summed E-state index contributed by atoms with van der Waals surface area (Å²) in [5, 5.41) is 13.3. The Morgan fingerprint density at radius 1 is 1.16 bits per heavy atom. The van der Waals surface area contributed by atoms with Gasteiger partial charge in [-0.2, -0.15) is 0 Å². The van der Waals surface area contributed by atoms with Crippen LogP contribution in [0, 0.1) is 5.92 Å². The second kappa shape index (κ2) is 6.66. The molecule has 0 aromatic heterocycles. The van der Waals surface area contributed by atoms with Gasteiger partial charge in [0.1, 0.15) is 0 Å². The SMILES string of the molecule is COc1cc(CNCC2CCCC2)cc(OC)c1O. The van der Waals surface area contributed by atoms with Gasteiger partial charge in [-0.05, 0) is 43.0 Å². The fourth-order valence-electron chi connectivity index (χ4n) is 2.68. The first-order valence-corrected chi connectivity index (χ1v) is 6.89. The van der Waals surface area contributed by atoms with Gasteiger partial charge >= 0.3 is 0 Å². The van der Waals surface area contributed by atoms with Crippen LogP contribution in [0.2, 0.25) is 0 Å². The summed E-state index contributed by atoms with van der Waals surface area (Å²) in [4.78, 5) is 0. The second-order valence-corrected chi connectivity index (χ2v) is 5.13. The summed E-state index contributed by atoms with van der Waals surface area (Å²) in [5.74, 6) is 1.79. The molecule has 1 aliphatic carbocycles. The Balaban J connectivity index is 1.95. The van der Waals surface area contributed by atoms with Crippen LogP contribution in [0.4, 0.5) is 0 Å². The highest BCUT2D eigenvalue weighted by molar-refractivity contribution is 5.52. The molecule has 106 valence electrons. The number of benzene rings is 1. The summed E-state index contributed by atoms with van der Waals surface area (Å²) in [6, 6.07) is 3.69. The number of phenols is 1. The van der Waals surface area contributed by atoms with Gasteiger partial charge in [0, 0.05) is 6.54 Å². The zero-order chi connectivity index (χ0) is 13.7. The molecular weight excluding hydrogens is 242 g/mol. The first-order valence-electron chi connectivity index (χ1n) is 6.89. The monoisotopic (exact) mass is 265 g/mol. The third-order valence-corrected chi connectivity index (χ3v) is 3.78. The molecule has 0 spiro atoms. The number of nitrogens with one attached hydrogen (secondary N) is 1. The maximum Gasteiger partial charge on any atom is 0.200 e. The zero-order valence-electron chi connectivity index (χ0n) is 11.7. The minimum absolute atomic E-state index is 0.0598. The van der Waals surface area contributed by atoms with Gasteiger partial charge in [-0.15, -0.1) is 0 Å². The van der Waals surface area contributed by atoms with E-state index in [1.807, 2.05) is 12.1 Å². The lowest BCUT2D eigenvalue weighted by Gasteiger charge is -2.13. The summed E-state index contributed by atoms with van der Waals surface area (Å²) in [6.45, 7) is 1.83. The second-order valence-electron chi connectivity index (χ2n) is 5.13. The molecule has 0 amide bonds. The Labute approximate surface area is 114 Å². The fourth-order valence-corrected chi connectivity index (χ4v) is 2.68. The molecule has 4 heteroatoms. The van der Waals surface area contributed by atoms with Gasteiger partial charge in [0.2, 0.25) is 5.75 Å². The largest absolute Gasteiger partial charge is 0.502 e. The molecule has 0 heterocycles. The molecular formula is C15H23NO3. The van der Waals surface area contributed by atoms with Crippen molar-refractivity contribution in [2.45, 2.75) is 32.2 Å². The van der Waals surface area contributed by atoms with E-state index in [4.69, 9.17) is 9.47 Å². The number of hydrogen-bond acceptors (Lipinski definition) is 4. The number of methoxy groups -OCH3 is 2. The number of phenolic OH excluding ortho intramolecular Hbond substituents is 1. The average molecular weight is 265 g/mol. The predicted octanol–water partition coefficient (Wildman–Crippen LogP) is 2.69. The minimum atomic E-state index is 0.0598. The molecule has 0 saturated heterocycles. The van der Waals surface area contributed by atoms with Gasteiger partial charge in [-0.1, -0.05) is 12.8 Å². The fraction of sp³-hybridized carbons (Fsp3) is 0.600. The van der Waals surface area contributed by atoms with Crippen LogP contribution in [0.5, 0.6) is 17.2 Å². The number of ether oxygens (including phenoxy) is 2. The molecule has 2 N–H and O–H groups in total. The number of rotatable bonds is 6. The van der Waals surface area contributed by atoms with E-state index in [0.717, 1.165) is 24.6 Å². The molecule has 19 heavy (non-hydrogen) atoms. The molecule has 0 unspecified atom stereocenters. The topological polar surface area (TPSA) is 50.7 Å². The highest BCUT2D eigenvalue weighted by Gasteiger charge is 2.15. The van der Waals surface area contributed by atoms with Crippen molar-refractivity contribution in [3.05, 3.63) is 17.7 Å². The Kier molecular flexibility index (Phi) is 4.91. The molecule has 0 aliphatic heterocycles. The maximum absolute atomic E-state index is 9.84. The lowest BCUT2D eigenvalue weighted by Crippen LogP contribution is -2.20. The van der Waals surface area contributed by atoms with Crippen molar-refractivity contribution < 1.29 is 14.6 Å². The van der Waals surface area contributed by atoms with Gasteiger partial charge in [-0.25, -0.2) is 0 Å². The molecule has 1 saturated carbocycles.